The molecule has 0 atom stereocenters. The molecule has 0 aromatic carbocycles. The number of nitrogens with zero attached hydrogens (tertiary/aromatic N) is 4. The third-order valence-corrected chi connectivity index (χ3v) is 0. The second-order valence-electron chi connectivity index (χ2n) is 0.298. The molecule has 0 spiro atoms. The summed E-state index contributed by atoms with van der Waals surface area (Å²) in [5.41, 5.74) is 0. The summed E-state index contributed by atoms with van der Waals surface area (Å²) in [6.45, 7) is 0. The van der Waals surface area contributed by atoms with Gasteiger partial charge in [-0.25, -0.2) is 0 Å². The molecule has 0 aliphatic carbocycles. The molecule has 0 N–H and O–H groups in total. The van der Waals surface area contributed by atoms with Gasteiger partial charge in [-0.15, -0.1) is 21.4 Å². The monoisotopic (exact) mass is 382 g/mol. The van der Waals surface area contributed by atoms with Crippen LogP contribution in [0, 0.1) is 40.5 Å². The Kier molecular flexibility index (Phi) is 382. The Balaban J connectivity index is -0.0000000145. The summed E-state index contributed by atoms with van der Waals surface area (Å²) in [6.07, 6.45) is 0. The minimum atomic E-state index is 0. The predicted octanol–water partition coefficient (Wildman–Crippen LogP) is 1.11. The van der Waals surface area contributed by atoms with E-state index in [-0.39, 0.29) is 23.8 Å². The predicted molar refractivity (Wildman–Crippen MR) is 37.8 cm³/mol. The smallest absolute Gasteiger partial charge is 0.444 e. The van der Waals surface area contributed by atoms with Gasteiger partial charge < -0.3 is 40.5 Å². The molecule has 0 aromatic heterocycles. The van der Waals surface area contributed by atoms with Gasteiger partial charge >= 0.3 is 1.43 Å². The largest absolute Gasteiger partial charge is 1.00 e. The molecule has 0 amide bonds. The Labute approximate surface area is 86.3 Å². The van der Waals surface area contributed by atoms with Crippen LogP contribution in [0.2, 0.25) is 0 Å². The average molecular weight is 382 g/mol. The van der Waals surface area contributed by atoms with Gasteiger partial charge in [0.1, 0.15) is 0 Å². The molecule has 0 aliphatic rings. The number of rotatable bonds is 0. The Morgan fingerprint density at radius 2 is 0.615 bits per heavy atom. The van der Waals surface area contributed by atoms with Crippen molar-refractivity contribution in [1.82, 2.24) is 0 Å². The third kappa shape index (κ3) is 261. The Bertz CT molecular complexity index is 75.3. The van der Waals surface area contributed by atoms with Crippen molar-refractivity contribution in [1.29, 1.82) is 0 Å². The van der Waals surface area contributed by atoms with Gasteiger partial charge in [-0.3, -0.25) is 0 Å². The summed E-state index contributed by atoms with van der Waals surface area (Å²) in [6, 6.07) is 0. The van der Waals surface area contributed by atoms with E-state index in [4.69, 9.17) is 40.5 Å². The van der Waals surface area contributed by atoms with Crippen molar-refractivity contribution in [2.24, 2.45) is 21.4 Å². The maximum atomic E-state index is 8.00. The van der Waals surface area contributed by atoms with Gasteiger partial charge in [-0.2, -0.15) is 0 Å². The van der Waals surface area contributed by atoms with Crippen LogP contribution in [0.25, 0.3) is 0 Å². The molecule has 0 aromatic rings. The summed E-state index contributed by atoms with van der Waals surface area (Å²) in [4.78, 5) is 32.0. The minimum Gasteiger partial charge on any atom is -0.444 e. The van der Waals surface area contributed by atoms with Crippen LogP contribution in [0.5, 0.6) is 0 Å². The van der Waals surface area contributed by atoms with E-state index in [2.05, 4.69) is 0 Å². The molecule has 83 valence electrons. The molecule has 0 fully saturated rings. The standard InChI is InChI=1S/Au.4HNO2/c;4*2-1-3/h;4*(H,2,3)/p-3. The van der Waals surface area contributed by atoms with Crippen LogP contribution in [-0.4, -0.2) is 0 Å². The topological polar surface area (TPSA) is 210 Å². The molecule has 0 bridgehead atoms. The molecule has 13 heavy (non-hydrogen) atoms. The molecular weight excluding hydrogens is 381 g/mol. The SMILES string of the molecule is O=N[O-].O=N[O-].O=N[O-].O=N[O-].[Au].[H+]. The first-order valence-corrected chi connectivity index (χ1v) is 1.46. The fraction of sp³-hybridized carbons (Fsp3) is 0. The van der Waals surface area contributed by atoms with Crippen molar-refractivity contribution in [3.05, 3.63) is 40.5 Å². The van der Waals surface area contributed by atoms with E-state index in [9.17, 15) is 0 Å². The zero-order valence-electron chi connectivity index (χ0n) is 6.36. The molecular formula is HAuN4O8-3. The quantitative estimate of drug-likeness (QED) is 0.335. The first kappa shape index (κ1) is 30.2. The maximum Gasteiger partial charge on any atom is 1.00 e. The van der Waals surface area contributed by atoms with Crippen LogP contribution in [0.15, 0.2) is 21.4 Å². The summed E-state index contributed by atoms with van der Waals surface area (Å²) >= 11 is 0. The third-order valence-electron chi connectivity index (χ3n) is 0. The molecule has 0 saturated carbocycles. The number of hydrogen-bond acceptors (Lipinski definition) is 12. The Hall–Kier alpha value is -1.66. The van der Waals surface area contributed by atoms with Crippen molar-refractivity contribution >= 4 is 0 Å². The summed E-state index contributed by atoms with van der Waals surface area (Å²) in [7, 11) is 0. The fourth-order valence-electron chi connectivity index (χ4n) is 0. The van der Waals surface area contributed by atoms with E-state index in [0.29, 0.717) is 0 Å². The first-order valence-electron chi connectivity index (χ1n) is 1.46. The number of hydrogen-bond donors (Lipinski definition) is 0. The van der Waals surface area contributed by atoms with Gasteiger partial charge in [0.15, 0.2) is 0 Å². The van der Waals surface area contributed by atoms with Gasteiger partial charge in [-0.1, -0.05) is 0 Å². The minimum absolute atomic E-state index is 0. The molecule has 0 heterocycles. The van der Waals surface area contributed by atoms with Gasteiger partial charge in [-0.05, 0) is 0 Å². The summed E-state index contributed by atoms with van der Waals surface area (Å²) in [5.74, 6) is 0. The molecule has 0 aliphatic heterocycles. The summed E-state index contributed by atoms with van der Waals surface area (Å²) in [5, 5.41) is 36.0. The van der Waals surface area contributed by atoms with Gasteiger partial charge in [0.25, 0.3) is 0 Å². The zero-order valence-corrected chi connectivity index (χ0v) is 7.52. The normalized spacial score (nSPS) is 3.69. The molecule has 12 nitrogen and oxygen atoms in total. The van der Waals surface area contributed by atoms with Crippen LogP contribution in [0.1, 0.15) is 1.43 Å². The van der Waals surface area contributed by atoms with Gasteiger partial charge in [0, 0.05) is 22.4 Å². The van der Waals surface area contributed by atoms with Crippen molar-refractivity contribution in [2.75, 3.05) is 0 Å². The van der Waals surface area contributed by atoms with Crippen LogP contribution in [0.3, 0.4) is 0 Å². The van der Waals surface area contributed by atoms with E-state index in [1.165, 1.54) is 0 Å². The zero-order chi connectivity index (χ0) is 10.8. The van der Waals surface area contributed by atoms with E-state index >= 15 is 0 Å². The van der Waals surface area contributed by atoms with E-state index < -0.39 is 0 Å². The molecule has 0 saturated heterocycles. The van der Waals surface area contributed by atoms with Crippen molar-refractivity contribution in [3.8, 4) is 0 Å². The van der Waals surface area contributed by atoms with Crippen molar-refractivity contribution in [2.45, 2.75) is 0 Å². The van der Waals surface area contributed by atoms with Gasteiger partial charge in [0.2, 0.25) is 0 Å². The Morgan fingerprint density at radius 1 is 0.615 bits per heavy atom. The van der Waals surface area contributed by atoms with Crippen LogP contribution >= 0.6 is 0 Å². The summed E-state index contributed by atoms with van der Waals surface area (Å²) < 4.78 is 0. The molecule has 0 rings (SSSR count). The van der Waals surface area contributed by atoms with E-state index in [1.807, 2.05) is 0 Å². The van der Waals surface area contributed by atoms with Crippen molar-refractivity contribution in [3.63, 3.8) is 0 Å². The van der Waals surface area contributed by atoms with E-state index in [0.717, 1.165) is 21.4 Å². The first-order chi connectivity index (χ1) is 5.66. The maximum absolute atomic E-state index is 8.00. The molecule has 0 unspecified atom stereocenters. The fourth-order valence-corrected chi connectivity index (χ4v) is 0. The van der Waals surface area contributed by atoms with Crippen LogP contribution in [0.4, 0.5) is 0 Å². The Morgan fingerprint density at radius 3 is 0.615 bits per heavy atom. The van der Waals surface area contributed by atoms with Gasteiger partial charge in [0.05, 0.1) is 0 Å². The molecule has 13 heteroatoms. The van der Waals surface area contributed by atoms with E-state index in [1.54, 1.807) is 0 Å². The van der Waals surface area contributed by atoms with Crippen molar-refractivity contribution < 1.29 is 23.8 Å². The second-order valence-corrected chi connectivity index (χ2v) is 0.298. The van der Waals surface area contributed by atoms with Crippen LogP contribution in [-0.2, 0) is 22.4 Å². The average Bonchev–Trinajstić information content (AvgIpc) is 1.92. The van der Waals surface area contributed by atoms with Crippen LogP contribution < -0.4 is 0 Å². The molecule has 1 radical (unpaired) electrons. The second kappa shape index (κ2) is 165.